The predicted molar refractivity (Wildman–Crippen MR) is 60.9 cm³/mol. The van der Waals surface area contributed by atoms with Crippen molar-refractivity contribution < 1.29 is 0 Å². The molecule has 0 fully saturated rings. The molecule has 0 bridgehead atoms. The number of hydrogen-bond acceptors (Lipinski definition) is 1. The second-order valence-electron chi connectivity index (χ2n) is 2.92. The Bertz CT molecular complexity index is 248. The number of rotatable bonds is 3. The van der Waals surface area contributed by atoms with E-state index in [1.807, 2.05) is 0 Å². The molecule has 0 aliphatic heterocycles. The standard InChI is InChI=1S/C9H15NP2/c1-12(2)9-5-3-4-8(10-9)6-7-11/h3-5H,6-7,11H2,1-2H3. The van der Waals surface area contributed by atoms with Crippen LogP contribution in [0.2, 0.25) is 0 Å². The van der Waals surface area contributed by atoms with Crippen LogP contribution in [0.5, 0.6) is 0 Å². The van der Waals surface area contributed by atoms with Crippen molar-refractivity contribution in [3.63, 3.8) is 0 Å². The third kappa shape index (κ3) is 2.81. The molecule has 1 atom stereocenters. The SMILES string of the molecule is CP(C)c1cccc(CCP)n1. The third-order valence-corrected chi connectivity index (χ3v) is 3.10. The third-order valence-electron chi connectivity index (χ3n) is 1.65. The molecule has 1 nitrogen and oxygen atoms in total. The Labute approximate surface area is 77.9 Å². The second-order valence-corrected chi connectivity index (χ2v) is 5.74. The van der Waals surface area contributed by atoms with Crippen LogP contribution in [0.4, 0.5) is 0 Å². The topological polar surface area (TPSA) is 12.9 Å². The highest BCUT2D eigenvalue weighted by Gasteiger charge is 2.00. The molecule has 0 radical (unpaired) electrons. The van der Waals surface area contributed by atoms with Crippen molar-refractivity contribution in [2.45, 2.75) is 6.42 Å². The Morgan fingerprint density at radius 3 is 2.75 bits per heavy atom. The average molecular weight is 199 g/mol. The van der Waals surface area contributed by atoms with Crippen LogP contribution in [0, 0.1) is 0 Å². The maximum absolute atomic E-state index is 4.58. The van der Waals surface area contributed by atoms with Gasteiger partial charge in [0.15, 0.2) is 0 Å². The van der Waals surface area contributed by atoms with Gasteiger partial charge in [-0.15, -0.1) is 9.24 Å². The highest BCUT2D eigenvalue weighted by Crippen LogP contribution is 2.21. The Kier molecular flexibility index (Phi) is 4.12. The van der Waals surface area contributed by atoms with Crippen LogP contribution in [0.25, 0.3) is 0 Å². The lowest BCUT2D eigenvalue weighted by Crippen LogP contribution is -2.07. The molecule has 1 heterocycles. The summed E-state index contributed by atoms with van der Waals surface area (Å²) in [5.41, 5.74) is 2.49. The molecule has 12 heavy (non-hydrogen) atoms. The van der Waals surface area contributed by atoms with Gasteiger partial charge in [0.1, 0.15) is 0 Å². The Morgan fingerprint density at radius 2 is 2.17 bits per heavy atom. The summed E-state index contributed by atoms with van der Waals surface area (Å²) in [4.78, 5) is 4.58. The van der Waals surface area contributed by atoms with E-state index in [9.17, 15) is 0 Å². The molecule has 0 N–H and O–H groups in total. The summed E-state index contributed by atoms with van der Waals surface area (Å²) in [5.74, 6) is 0. The van der Waals surface area contributed by atoms with Crippen LogP contribution in [-0.4, -0.2) is 24.5 Å². The molecule has 1 aromatic rings. The Morgan fingerprint density at radius 1 is 1.42 bits per heavy atom. The van der Waals surface area contributed by atoms with Crippen LogP contribution in [0.3, 0.4) is 0 Å². The van der Waals surface area contributed by atoms with Gasteiger partial charge in [-0.2, -0.15) is 0 Å². The molecule has 1 unspecified atom stereocenters. The number of pyridine rings is 1. The van der Waals surface area contributed by atoms with E-state index in [2.05, 4.69) is 45.8 Å². The van der Waals surface area contributed by atoms with Gasteiger partial charge in [-0.1, -0.05) is 14.0 Å². The average Bonchev–Trinajstić information content (AvgIpc) is 2.05. The summed E-state index contributed by atoms with van der Waals surface area (Å²) in [6.45, 7) is 4.48. The highest BCUT2D eigenvalue weighted by molar-refractivity contribution is 7.63. The molecule has 0 aromatic carbocycles. The van der Waals surface area contributed by atoms with Gasteiger partial charge in [-0.05, 0) is 38.0 Å². The smallest absolute Gasteiger partial charge is 0.0628 e. The molecule has 0 saturated carbocycles. The van der Waals surface area contributed by atoms with Crippen molar-refractivity contribution in [1.82, 2.24) is 4.98 Å². The minimum absolute atomic E-state index is 0.0404. The molecular formula is C9H15NP2. The first-order valence-corrected chi connectivity index (χ1v) is 7.12. The van der Waals surface area contributed by atoms with Gasteiger partial charge in [0.2, 0.25) is 0 Å². The van der Waals surface area contributed by atoms with Gasteiger partial charge in [-0.25, -0.2) is 0 Å². The van der Waals surface area contributed by atoms with Crippen LogP contribution in [0.1, 0.15) is 5.69 Å². The molecule has 1 rings (SSSR count). The van der Waals surface area contributed by atoms with E-state index in [0.717, 1.165) is 12.6 Å². The van der Waals surface area contributed by atoms with Crippen LogP contribution >= 0.6 is 17.2 Å². The summed E-state index contributed by atoms with van der Waals surface area (Å²) in [7, 11) is 2.69. The largest absolute Gasteiger partial charge is 0.253 e. The first kappa shape index (κ1) is 10.1. The zero-order chi connectivity index (χ0) is 8.97. The van der Waals surface area contributed by atoms with E-state index in [-0.39, 0.29) is 7.92 Å². The molecule has 0 spiro atoms. The molecule has 0 amide bonds. The quantitative estimate of drug-likeness (QED) is 0.677. The zero-order valence-electron chi connectivity index (χ0n) is 7.62. The predicted octanol–water partition coefficient (Wildman–Crippen LogP) is 1.87. The summed E-state index contributed by atoms with van der Waals surface area (Å²) >= 11 is 0. The lowest BCUT2D eigenvalue weighted by molar-refractivity contribution is 1.06. The highest BCUT2D eigenvalue weighted by atomic mass is 31.1. The van der Waals surface area contributed by atoms with Crippen molar-refractivity contribution in [2.75, 3.05) is 19.5 Å². The normalized spacial score (nSPS) is 10.7. The van der Waals surface area contributed by atoms with Crippen molar-refractivity contribution in [3.05, 3.63) is 23.9 Å². The van der Waals surface area contributed by atoms with Gasteiger partial charge < -0.3 is 0 Å². The maximum atomic E-state index is 4.58. The van der Waals surface area contributed by atoms with Gasteiger partial charge >= 0.3 is 0 Å². The van der Waals surface area contributed by atoms with E-state index in [4.69, 9.17) is 0 Å². The molecule has 0 aliphatic carbocycles. The second kappa shape index (κ2) is 4.90. The van der Waals surface area contributed by atoms with Crippen molar-refractivity contribution in [3.8, 4) is 0 Å². The number of aryl methyl sites for hydroxylation is 1. The summed E-state index contributed by atoms with van der Waals surface area (Å²) in [6.07, 6.45) is 2.17. The fourth-order valence-electron chi connectivity index (χ4n) is 1.00. The van der Waals surface area contributed by atoms with Crippen molar-refractivity contribution >= 4 is 22.6 Å². The van der Waals surface area contributed by atoms with Gasteiger partial charge in [0.25, 0.3) is 0 Å². The van der Waals surface area contributed by atoms with Crippen LogP contribution < -0.4 is 5.44 Å². The maximum Gasteiger partial charge on any atom is 0.0628 e. The Balaban J connectivity index is 2.81. The summed E-state index contributed by atoms with van der Waals surface area (Å²) in [5, 5.41) is 0. The van der Waals surface area contributed by atoms with Gasteiger partial charge in [0, 0.05) is 5.69 Å². The van der Waals surface area contributed by atoms with E-state index in [1.54, 1.807) is 0 Å². The van der Waals surface area contributed by atoms with E-state index in [1.165, 1.54) is 11.1 Å². The van der Waals surface area contributed by atoms with Gasteiger partial charge in [-0.3, -0.25) is 4.98 Å². The van der Waals surface area contributed by atoms with E-state index in [0.29, 0.717) is 0 Å². The zero-order valence-corrected chi connectivity index (χ0v) is 9.67. The minimum Gasteiger partial charge on any atom is -0.253 e. The number of hydrogen-bond donors (Lipinski definition) is 0. The lowest BCUT2D eigenvalue weighted by Gasteiger charge is -2.06. The fourth-order valence-corrected chi connectivity index (χ4v) is 2.01. The number of aromatic nitrogens is 1. The van der Waals surface area contributed by atoms with E-state index < -0.39 is 0 Å². The molecule has 0 aliphatic rings. The van der Waals surface area contributed by atoms with E-state index >= 15 is 0 Å². The fraction of sp³-hybridized carbons (Fsp3) is 0.444. The molecule has 66 valence electrons. The summed E-state index contributed by atoms with van der Waals surface area (Å²) < 4.78 is 0. The first-order chi connectivity index (χ1) is 5.74. The molecule has 1 aromatic heterocycles. The first-order valence-electron chi connectivity index (χ1n) is 4.07. The van der Waals surface area contributed by atoms with Crippen LogP contribution in [0.15, 0.2) is 18.2 Å². The van der Waals surface area contributed by atoms with Crippen molar-refractivity contribution in [2.24, 2.45) is 0 Å². The molecule has 0 saturated heterocycles. The van der Waals surface area contributed by atoms with Gasteiger partial charge in [0.05, 0.1) is 5.44 Å². The number of nitrogens with zero attached hydrogens (tertiary/aromatic N) is 1. The molecule has 3 heteroatoms. The monoisotopic (exact) mass is 199 g/mol. The molecular weight excluding hydrogens is 184 g/mol. The van der Waals surface area contributed by atoms with Crippen molar-refractivity contribution in [1.29, 1.82) is 0 Å². The summed E-state index contributed by atoms with van der Waals surface area (Å²) in [6, 6.07) is 6.34. The lowest BCUT2D eigenvalue weighted by atomic mass is 10.3. The Hall–Kier alpha value is 0.01000. The van der Waals surface area contributed by atoms with Crippen LogP contribution in [-0.2, 0) is 6.42 Å². The minimum atomic E-state index is -0.0404.